The van der Waals surface area contributed by atoms with Crippen LogP contribution in [0.2, 0.25) is 0 Å². The third kappa shape index (κ3) is 1.41. The van der Waals surface area contributed by atoms with Crippen LogP contribution in [0.5, 0.6) is 0 Å². The standard InChI is InChI=1S/C13H11NO2/c15-13(11-4-6-16-8-11)10-2-1-9-3-5-14-12(9)7-10/h1-2,4,6-8,14H,3,5H2. The van der Waals surface area contributed by atoms with Crippen LogP contribution in [0.4, 0.5) is 5.69 Å². The molecule has 0 amide bonds. The van der Waals surface area contributed by atoms with Crippen molar-refractivity contribution in [1.29, 1.82) is 0 Å². The lowest BCUT2D eigenvalue weighted by atomic mass is 10.0. The molecule has 3 rings (SSSR count). The molecular weight excluding hydrogens is 202 g/mol. The van der Waals surface area contributed by atoms with Crippen LogP contribution >= 0.6 is 0 Å². The van der Waals surface area contributed by atoms with Gasteiger partial charge in [-0.15, -0.1) is 0 Å². The van der Waals surface area contributed by atoms with Crippen molar-refractivity contribution in [3.63, 3.8) is 0 Å². The number of furan rings is 1. The van der Waals surface area contributed by atoms with E-state index in [1.807, 2.05) is 18.2 Å². The minimum Gasteiger partial charge on any atom is -0.472 e. The summed E-state index contributed by atoms with van der Waals surface area (Å²) >= 11 is 0. The molecule has 0 aliphatic carbocycles. The molecule has 0 atom stereocenters. The second-order valence-electron chi connectivity index (χ2n) is 3.89. The Bertz CT molecular complexity index is 529. The van der Waals surface area contributed by atoms with Crippen molar-refractivity contribution in [1.82, 2.24) is 0 Å². The molecule has 80 valence electrons. The summed E-state index contributed by atoms with van der Waals surface area (Å²) in [5.74, 6) is 0.00486. The van der Waals surface area contributed by atoms with Crippen molar-refractivity contribution in [2.75, 3.05) is 11.9 Å². The van der Waals surface area contributed by atoms with E-state index >= 15 is 0 Å². The molecule has 1 aliphatic heterocycles. The summed E-state index contributed by atoms with van der Waals surface area (Å²) < 4.78 is 4.91. The molecule has 1 aliphatic rings. The molecule has 2 heterocycles. The van der Waals surface area contributed by atoms with Gasteiger partial charge >= 0.3 is 0 Å². The van der Waals surface area contributed by atoms with E-state index in [2.05, 4.69) is 5.32 Å². The van der Waals surface area contributed by atoms with Crippen LogP contribution in [-0.4, -0.2) is 12.3 Å². The van der Waals surface area contributed by atoms with E-state index in [-0.39, 0.29) is 5.78 Å². The molecule has 0 saturated carbocycles. The molecule has 3 nitrogen and oxygen atoms in total. The van der Waals surface area contributed by atoms with Crippen molar-refractivity contribution in [2.45, 2.75) is 6.42 Å². The van der Waals surface area contributed by atoms with Gasteiger partial charge in [-0.1, -0.05) is 12.1 Å². The molecule has 0 unspecified atom stereocenters. The Kier molecular flexibility index (Phi) is 2.03. The van der Waals surface area contributed by atoms with Crippen molar-refractivity contribution in [2.24, 2.45) is 0 Å². The Labute approximate surface area is 93.1 Å². The molecule has 0 spiro atoms. The van der Waals surface area contributed by atoms with Gasteiger partial charge in [-0.3, -0.25) is 4.79 Å². The van der Waals surface area contributed by atoms with Gasteiger partial charge in [0.05, 0.1) is 11.8 Å². The first kappa shape index (κ1) is 9.21. The maximum absolute atomic E-state index is 12.0. The van der Waals surface area contributed by atoms with Crippen LogP contribution in [0, 0.1) is 0 Å². The summed E-state index contributed by atoms with van der Waals surface area (Å²) in [7, 11) is 0. The van der Waals surface area contributed by atoms with Gasteiger partial charge in [-0.05, 0) is 24.1 Å². The number of ketones is 1. The van der Waals surface area contributed by atoms with E-state index in [1.54, 1.807) is 6.07 Å². The Morgan fingerprint density at radius 3 is 3.00 bits per heavy atom. The first-order chi connectivity index (χ1) is 7.84. The summed E-state index contributed by atoms with van der Waals surface area (Å²) in [5.41, 5.74) is 3.66. The Morgan fingerprint density at radius 2 is 2.19 bits per heavy atom. The van der Waals surface area contributed by atoms with Gasteiger partial charge in [0.25, 0.3) is 0 Å². The highest BCUT2D eigenvalue weighted by molar-refractivity contribution is 6.09. The highest BCUT2D eigenvalue weighted by atomic mass is 16.3. The fraction of sp³-hybridized carbons (Fsp3) is 0.154. The fourth-order valence-corrected chi connectivity index (χ4v) is 1.99. The smallest absolute Gasteiger partial charge is 0.196 e. The molecule has 1 aromatic heterocycles. The maximum Gasteiger partial charge on any atom is 0.196 e. The van der Waals surface area contributed by atoms with Gasteiger partial charge in [-0.2, -0.15) is 0 Å². The third-order valence-corrected chi connectivity index (χ3v) is 2.87. The molecule has 0 fully saturated rings. The second kappa shape index (κ2) is 3.52. The SMILES string of the molecule is O=C(c1ccoc1)c1ccc2c(c1)NCC2. The highest BCUT2D eigenvalue weighted by Crippen LogP contribution is 2.24. The van der Waals surface area contributed by atoms with Crippen LogP contribution in [0.25, 0.3) is 0 Å². The number of hydrogen-bond acceptors (Lipinski definition) is 3. The van der Waals surface area contributed by atoms with E-state index in [4.69, 9.17) is 4.42 Å². The zero-order valence-electron chi connectivity index (χ0n) is 8.69. The lowest BCUT2D eigenvalue weighted by Gasteiger charge is -2.02. The monoisotopic (exact) mass is 213 g/mol. The zero-order valence-corrected chi connectivity index (χ0v) is 8.69. The number of rotatable bonds is 2. The zero-order chi connectivity index (χ0) is 11.0. The predicted molar refractivity (Wildman–Crippen MR) is 60.8 cm³/mol. The summed E-state index contributed by atoms with van der Waals surface area (Å²) in [6.45, 7) is 0.957. The highest BCUT2D eigenvalue weighted by Gasteiger charge is 2.15. The molecule has 0 saturated heterocycles. The predicted octanol–water partition coefficient (Wildman–Crippen LogP) is 2.48. The molecule has 3 heteroatoms. The molecule has 16 heavy (non-hydrogen) atoms. The Hall–Kier alpha value is -2.03. The average Bonchev–Trinajstić information content (AvgIpc) is 2.98. The third-order valence-electron chi connectivity index (χ3n) is 2.87. The van der Waals surface area contributed by atoms with E-state index < -0.39 is 0 Å². The quantitative estimate of drug-likeness (QED) is 0.779. The van der Waals surface area contributed by atoms with Crippen molar-refractivity contribution < 1.29 is 9.21 Å². The Balaban J connectivity index is 1.99. The molecule has 0 radical (unpaired) electrons. The van der Waals surface area contributed by atoms with Gasteiger partial charge < -0.3 is 9.73 Å². The minimum absolute atomic E-state index is 0.00486. The lowest BCUT2D eigenvalue weighted by molar-refractivity contribution is 0.103. The number of hydrogen-bond donors (Lipinski definition) is 1. The van der Waals surface area contributed by atoms with Crippen LogP contribution in [0.15, 0.2) is 41.2 Å². The van der Waals surface area contributed by atoms with Crippen molar-refractivity contribution in [3.8, 4) is 0 Å². The fourth-order valence-electron chi connectivity index (χ4n) is 1.99. The van der Waals surface area contributed by atoms with E-state index in [0.717, 1.165) is 18.7 Å². The number of nitrogens with one attached hydrogen (secondary N) is 1. The van der Waals surface area contributed by atoms with Crippen LogP contribution in [0.1, 0.15) is 21.5 Å². The number of fused-ring (bicyclic) bond motifs is 1. The van der Waals surface area contributed by atoms with E-state index in [9.17, 15) is 4.79 Å². The summed E-state index contributed by atoms with van der Waals surface area (Å²) in [6, 6.07) is 7.49. The number of carbonyl (C=O) groups excluding carboxylic acids is 1. The minimum atomic E-state index is 0.00486. The second-order valence-corrected chi connectivity index (χ2v) is 3.89. The van der Waals surface area contributed by atoms with Gasteiger partial charge in [0, 0.05) is 17.8 Å². The van der Waals surface area contributed by atoms with Gasteiger partial charge in [0.15, 0.2) is 5.78 Å². The topological polar surface area (TPSA) is 42.2 Å². The van der Waals surface area contributed by atoms with Gasteiger partial charge in [0.1, 0.15) is 6.26 Å². The summed E-state index contributed by atoms with van der Waals surface area (Å²) in [6.07, 6.45) is 4.03. The van der Waals surface area contributed by atoms with Crippen LogP contribution in [0.3, 0.4) is 0 Å². The molecule has 0 bridgehead atoms. The van der Waals surface area contributed by atoms with Crippen molar-refractivity contribution in [3.05, 3.63) is 53.5 Å². The first-order valence-corrected chi connectivity index (χ1v) is 5.28. The molecule has 1 aromatic carbocycles. The summed E-state index contributed by atoms with van der Waals surface area (Å²) in [5, 5.41) is 3.27. The molecule has 2 aromatic rings. The maximum atomic E-state index is 12.0. The largest absolute Gasteiger partial charge is 0.472 e. The van der Waals surface area contributed by atoms with Crippen molar-refractivity contribution >= 4 is 11.5 Å². The number of benzene rings is 1. The normalized spacial score (nSPS) is 13.2. The first-order valence-electron chi connectivity index (χ1n) is 5.28. The molecular formula is C13H11NO2. The lowest BCUT2D eigenvalue weighted by Crippen LogP contribution is -2.00. The van der Waals surface area contributed by atoms with E-state index in [1.165, 1.54) is 18.1 Å². The number of anilines is 1. The number of carbonyl (C=O) groups is 1. The van der Waals surface area contributed by atoms with Crippen LogP contribution < -0.4 is 5.32 Å². The van der Waals surface area contributed by atoms with Crippen LogP contribution in [-0.2, 0) is 6.42 Å². The molecule has 1 N–H and O–H groups in total. The summed E-state index contributed by atoms with van der Waals surface area (Å²) in [4.78, 5) is 12.0. The van der Waals surface area contributed by atoms with E-state index in [0.29, 0.717) is 11.1 Å². The van der Waals surface area contributed by atoms with Gasteiger partial charge in [0.2, 0.25) is 0 Å². The van der Waals surface area contributed by atoms with Gasteiger partial charge in [-0.25, -0.2) is 0 Å². The average molecular weight is 213 g/mol. The Morgan fingerprint density at radius 1 is 1.25 bits per heavy atom.